The van der Waals surface area contributed by atoms with Gasteiger partial charge < -0.3 is 10.0 Å². The number of hydrogen-bond donors (Lipinski definition) is 1. The van der Waals surface area contributed by atoms with Crippen molar-refractivity contribution in [3.63, 3.8) is 0 Å². The van der Waals surface area contributed by atoms with Crippen LogP contribution >= 0.6 is 0 Å². The van der Waals surface area contributed by atoms with E-state index in [1.54, 1.807) is 17.1 Å². The van der Waals surface area contributed by atoms with Gasteiger partial charge in [0, 0.05) is 45.3 Å². The van der Waals surface area contributed by atoms with Crippen LogP contribution in [0.5, 0.6) is 0 Å². The third-order valence-electron chi connectivity index (χ3n) is 5.32. The number of aryl methyl sites for hydroxylation is 1. The number of carbonyl (C=O) groups is 2. The normalized spacial score (nSPS) is 21.7. The number of aromatic nitrogens is 3. The lowest BCUT2D eigenvalue weighted by Crippen LogP contribution is -2.36. The number of hydrogen-bond acceptors (Lipinski definition) is 5. The van der Waals surface area contributed by atoms with Crippen molar-refractivity contribution in [2.75, 3.05) is 24.5 Å². The molecule has 1 atom stereocenters. The van der Waals surface area contributed by atoms with Crippen LogP contribution in [0.1, 0.15) is 18.4 Å². The Balaban J connectivity index is 0.000000318. The van der Waals surface area contributed by atoms with Gasteiger partial charge in [0.05, 0.1) is 17.3 Å². The highest BCUT2D eigenvalue weighted by molar-refractivity contribution is 6.00. The lowest BCUT2D eigenvalue weighted by molar-refractivity contribution is -0.192. The summed E-state index contributed by atoms with van der Waals surface area (Å²) in [4.78, 5) is 30.3. The van der Waals surface area contributed by atoms with Crippen LogP contribution in [0.4, 0.5) is 18.9 Å². The number of carbonyl (C=O) groups excluding carboxylic acids is 1. The molecule has 1 unspecified atom stereocenters. The number of alkyl halides is 3. The molecule has 0 bridgehead atoms. The van der Waals surface area contributed by atoms with E-state index in [1.165, 1.54) is 5.56 Å². The summed E-state index contributed by atoms with van der Waals surface area (Å²) in [6.45, 7) is 3.49. The fourth-order valence-corrected chi connectivity index (χ4v) is 3.84. The SMILES string of the molecule is Cn1cc(N2CCC3(CCN(Cc4cccnc4)C3)C2=O)cn1.O=C(O)C(F)(F)F. The number of aliphatic carboxylic acids is 1. The van der Waals surface area contributed by atoms with Crippen molar-refractivity contribution in [1.82, 2.24) is 19.7 Å². The maximum atomic E-state index is 13.0. The first-order valence-corrected chi connectivity index (χ1v) is 9.33. The van der Waals surface area contributed by atoms with E-state index in [4.69, 9.17) is 9.90 Å². The van der Waals surface area contributed by atoms with E-state index < -0.39 is 12.1 Å². The van der Waals surface area contributed by atoms with Gasteiger partial charge in [-0.1, -0.05) is 6.07 Å². The zero-order valence-electron chi connectivity index (χ0n) is 16.3. The fourth-order valence-electron chi connectivity index (χ4n) is 3.84. The minimum Gasteiger partial charge on any atom is -0.475 e. The first-order valence-electron chi connectivity index (χ1n) is 9.33. The second kappa shape index (κ2) is 8.42. The van der Waals surface area contributed by atoms with E-state index in [-0.39, 0.29) is 11.3 Å². The Morgan fingerprint density at radius 1 is 1.27 bits per heavy atom. The Morgan fingerprint density at radius 2 is 1.97 bits per heavy atom. The zero-order valence-corrected chi connectivity index (χ0v) is 16.3. The Kier molecular flexibility index (Phi) is 6.11. The van der Waals surface area contributed by atoms with Crippen molar-refractivity contribution in [1.29, 1.82) is 0 Å². The molecule has 1 spiro atoms. The van der Waals surface area contributed by atoms with Gasteiger partial charge in [-0.05, 0) is 31.0 Å². The average molecular weight is 425 g/mol. The third-order valence-corrected chi connectivity index (χ3v) is 5.32. The molecule has 0 aliphatic carbocycles. The summed E-state index contributed by atoms with van der Waals surface area (Å²) in [5.74, 6) is -2.49. The molecule has 4 heterocycles. The standard InChI is InChI=1S/C17H21N5O.C2HF3O2/c1-20-12-15(10-19-20)22-8-5-17(16(22)23)4-7-21(13-17)11-14-3-2-6-18-9-14;3-2(4,5)1(6)7/h2-3,6,9-10,12H,4-5,7-8,11,13H2,1H3;(H,6,7). The van der Waals surface area contributed by atoms with E-state index in [0.29, 0.717) is 0 Å². The number of carboxylic acids is 1. The molecular formula is C19H22F3N5O3. The number of likely N-dealkylation sites (tertiary alicyclic amines) is 1. The minimum atomic E-state index is -5.08. The van der Waals surface area contributed by atoms with Crippen molar-refractivity contribution in [2.45, 2.75) is 25.6 Å². The van der Waals surface area contributed by atoms with Gasteiger partial charge in [0.1, 0.15) is 0 Å². The molecule has 1 N–H and O–H groups in total. The second-order valence-electron chi connectivity index (χ2n) is 7.48. The van der Waals surface area contributed by atoms with Crippen molar-refractivity contribution in [3.8, 4) is 0 Å². The topological polar surface area (TPSA) is 91.6 Å². The fraction of sp³-hybridized carbons (Fsp3) is 0.474. The van der Waals surface area contributed by atoms with Crippen LogP contribution in [0.2, 0.25) is 0 Å². The quantitative estimate of drug-likeness (QED) is 0.810. The van der Waals surface area contributed by atoms with E-state index >= 15 is 0 Å². The van der Waals surface area contributed by atoms with Crippen molar-refractivity contribution in [3.05, 3.63) is 42.5 Å². The Hall–Kier alpha value is -2.95. The molecule has 162 valence electrons. The molecule has 4 rings (SSSR count). The van der Waals surface area contributed by atoms with Crippen LogP contribution in [0.3, 0.4) is 0 Å². The highest BCUT2D eigenvalue weighted by Gasteiger charge is 2.51. The summed E-state index contributed by atoms with van der Waals surface area (Å²) in [6, 6.07) is 4.06. The molecule has 1 amide bonds. The number of nitrogens with zero attached hydrogens (tertiary/aromatic N) is 5. The number of pyridine rings is 1. The summed E-state index contributed by atoms with van der Waals surface area (Å²) in [5, 5.41) is 11.3. The van der Waals surface area contributed by atoms with Crippen molar-refractivity contribution < 1.29 is 27.9 Å². The molecule has 2 aliphatic heterocycles. The number of halogens is 3. The summed E-state index contributed by atoms with van der Waals surface area (Å²) in [6.07, 6.45) is 4.19. The van der Waals surface area contributed by atoms with Crippen LogP contribution in [0.25, 0.3) is 0 Å². The molecule has 2 fully saturated rings. The second-order valence-corrected chi connectivity index (χ2v) is 7.48. The molecule has 2 saturated heterocycles. The predicted octanol–water partition coefficient (Wildman–Crippen LogP) is 2.08. The van der Waals surface area contributed by atoms with Crippen molar-refractivity contribution >= 4 is 17.6 Å². The van der Waals surface area contributed by atoms with Gasteiger partial charge >= 0.3 is 12.1 Å². The lowest BCUT2D eigenvalue weighted by atomic mass is 9.85. The Bertz CT molecular complexity index is 902. The zero-order chi connectivity index (χ0) is 21.9. The van der Waals surface area contributed by atoms with Crippen LogP contribution in [0, 0.1) is 5.41 Å². The van der Waals surface area contributed by atoms with Gasteiger partial charge in [0.2, 0.25) is 5.91 Å². The number of carboxylic acid groups (broad SMARTS) is 1. The molecule has 8 nitrogen and oxygen atoms in total. The van der Waals surface area contributed by atoms with E-state index in [9.17, 15) is 18.0 Å². The van der Waals surface area contributed by atoms with Crippen LogP contribution < -0.4 is 4.90 Å². The van der Waals surface area contributed by atoms with E-state index in [1.807, 2.05) is 30.4 Å². The van der Waals surface area contributed by atoms with Gasteiger partial charge in [-0.3, -0.25) is 19.4 Å². The summed E-state index contributed by atoms with van der Waals surface area (Å²) >= 11 is 0. The first-order chi connectivity index (χ1) is 14.1. The molecule has 30 heavy (non-hydrogen) atoms. The molecular weight excluding hydrogens is 403 g/mol. The largest absolute Gasteiger partial charge is 0.490 e. The van der Waals surface area contributed by atoms with Crippen LogP contribution in [0.15, 0.2) is 36.9 Å². The third kappa shape index (κ3) is 4.78. The maximum Gasteiger partial charge on any atom is 0.490 e. The Labute approximate surface area is 170 Å². The monoisotopic (exact) mass is 425 g/mol. The van der Waals surface area contributed by atoms with Gasteiger partial charge in [0.15, 0.2) is 0 Å². The number of anilines is 1. The van der Waals surface area contributed by atoms with Gasteiger partial charge in [-0.15, -0.1) is 0 Å². The van der Waals surface area contributed by atoms with Gasteiger partial charge in [-0.25, -0.2) is 4.79 Å². The van der Waals surface area contributed by atoms with Crippen LogP contribution in [-0.4, -0.2) is 62.5 Å². The molecule has 2 aromatic heterocycles. The van der Waals surface area contributed by atoms with Crippen molar-refractivity contribution in [2.24, 2.45) is 12.5 Å². The summed E-state index contributed by atoms with van der Waals surface area (Å²) in [5.41, 5.74) is 1.91. The molecule has 0 aromatic carbocycles. The van der Waals surface area contributed by atoms with Crippen LogP contribution in [-0.2, 0) is 23.2 Å². The predicted molar refractivity (Wildman–Crippen MR) is 100 cm³/mol. The van der Waals surface area contributed by atoms with E-state index in [2.05, 4.69) is 21.0 Å². The number of amides is 1. The molecule has 0 radical (unpaired) electrons. The lowest BCUT2D eigenvalue weighted by Gasteiger charge is -2.23. The molecule has 2 aliphatic rings. The molecule has 0 saturated carbocycles. The van der Waals surface area contributed by atoms with E-state index in [0.717, 1.165) is 44.7 Å². The van der Waals surface area contributed by atoms with Gasteiger partial charge in [0.25, 0.3) is 0 Å². The highest BCUT2D eigenvalue weighted by Crippen LogP contribution is 2.42. The maximum absolute atomic E-state index is 13.0. The molecule has 11 heteroatoms. The molecule has 2 aromatic rings. The smallest absolute Gasteiger partial charge is 0.475 e. The Morgan fingerprint density at radius 3 is 2.53 bits per heavy atom. The highest BCUT2D eigenvalue weighted by atomic mass is 19.4. The average Bonchev–Trinajstić information content (AvgIpc) is 3.37. The first kappa shape index (κ1) is 21.8. The van der Waals surface area contributed by atoms with Gasteiger partial charge in [-0.2, -0.15) is 18.3 Å². The summed E-state index contributed by atoms with van der Waals surface area (Å²) in [7, 11) is 1.88. The minimum absolute atomic E-state index is 0.210. The summed E-state index contributed by atoms with van der Waals surface area (Å²) < 4.78 is 33.5. The number of rotatable bonds is 3.